The predicted octanol–water partition coefficient (Wildman–Crippen LogP) is 3.79. The van der Waals surface area contributed by atoms with E-state index in [0.29, 0.717) is 11.5 Å². The number of allylic oxidation sites excluding steroid dienone is 3. The van der Waals surface area contributed by atoms with E-state index in [1.807, 2.05) is 6.92 Å². The van der Waals surface area contributed by atoms with Gasteiger partial charge in [-0.3, -0.25) is 0 Å². The molecule has 0 spiro atoms. The van der Waals surface area contributed by atoms with E-state index in [1.54, 1.807) is 6.92 Å². The maximum atomic E-state index is 10.9. The number of carboxylic acid groups (broad SMARTS) is 1. The first-order chi connectivity index (χ1) is 7.26. The van der Waals surface area contributed by atoms with Crippen LogP contribution in [0.15, 0.2) is 22.8 Å². The molecule has 0 amide bonds. The molecule has 0 radical (unpaired) electrons. The quantitative estimate of drug-likeness (QED) is 0.582. The van der Waals surface area contributed by atoms with Gasteiger partial charge in [0, 0.05) is 5.57 Å². The Bertz CT molecular complexity index is 359. The highest BCUT2D eigenvalue weighted by atomic mass is 16.4. The summed E-state index contributed by atoms with van der Waals surface area (Å²) in [6.07, 6.45) is 4.25. The molecule has 0 aliphatic heterocycles. The summed E-state index contributed by atoms with van der Waals surface area (Å²) in [5.74, 6) is -0.250. The Labute approximate surface area is 98.1 Å². The number of carbonyl (C=O) groups is 1. The number of hydrogen-bond acceptors (Lipinski definition) is 1. The molecule has 0 saturated carbocycles. The van der Waals surface area contributed by atoms with E-state index >= 15 is 0 Å². The van der Waals surface area contributed by atoms with E-state index in [4.69, 9.17) is 5.11 Å². The van der Waals surface area contributed by atoms with Crippen LogP contribution in [0.1, 0.15) is 47.5 Å². The minimum Gasteiger partial charge on any atom is -0.478 e. The molecule has 0 fully saturated rings. The fourth-order valence-corrected chi connectivity index (χ4v) is 2.24. The normalized spacial score (nSPS) is 25.1. The lowest BCUT2D eigenvalue weighted by molar-refractivity contribution is -0.132. The van der Waals surface area contributed by atoms with Crippen molar-refractivity contribution in [3.05, 3.63) is 22.8 Å². The fraction of sp³-hybridized carbons (Fsp3) is 0.643. The standard InChI is InChI=1S/C14H22O2/c1-9(11(3)13(15)16)8-12-7-6-10(2)14(12,4)5/h6,12H,7-8H2,1-5H3,(H,15,16)/b11-9+. The highest BCUT2D eigenvalue weighted by molar-refractivity contribution is 5.86. The van der Waals surface area contributed by atoms with Gasteiger partial charge in [-0.25, -0.2) is 4.79 Å². The molecule has 0 bridgehead atoms. The van der Waals surface area contributed by atoms with Crippen LogP contribution in [0, 0.1) is 11.3 Å². The van der Waals surface area contributed by atoms with E-state index < -0.39 is 5.97 Å². The zero-order valence-corrected chi connectivity index (χ0v) is 10.9. The number of aliphatic carboxylic acids is 1. The number of carboxylic acids is 1. The summed E-state index contributed by atoms with van der Waals surface area (Å²) in [5.41, 5.74) is 3.15. The molecule has 1 unspecified atom stereocenters. The molecule has 0 heterocycles. The van der Waals surface area contributed by atoms with E-state index in [2.05, 4.69) is 26.8 Å². The van der Waals surface area contributed by atoms with Crippen molar-refractivity contribution in [3.63, 3.8) is 0 Å². The third-order valence-electron chi connectivity index (χ3n) is 4.26. The van der Waals surface area contributed by atoms with E-state index in [-0.39, 0.29) is 5.41 Å². The van der Waals surface area contributed by atoms with Crippen molar-refractivity contribution < 1.29 is 9.90 Å². The third kappa shape index (κ3) is 2.37. The first-order valence-corrected chi connectivity index (χ1v) is 5.83. The van der Waals surface area contributed by atoms with Crippen LogP contribution in [-0.4, -0.2) is 11.1 Å². The summed E-state index contributed by atoms with van der Waals surface area (Å²) in [6.45, 7) is 10.3. The van der Waals surface area contributed by atoms with Crippen molar-refractivity contribution in [2.75, 3.05) is 0 Å². The largest absolute Gasteiger partial charge is 0.478 e. The van der Waals surface area contributed by atoms with E-state index in [9.17, 15) is 4.79 Å². The van der Waals surface area contributed by atoms with Crippen LogP contribution in [0.25, 0.3) is 0 Å². The van der Waals surface area contributed by atoms with Crippen molar-refractivity contribution in [1.82, 2.24) is 0 Å². The smallest absolute Gasteiger partial charge is 0.331 e. The molecule has 2 nitrogen and oxygen atoms in total. The summed E-state index contributed by atoms with van der Waals surface area (Å²) in [6, 6.07) is 0. The lowest BCUT2D eigenvalue weighted by Crippen LogP contribution is -2.21. The highest BCUT2D eigenvalue weighted by Gasteiger charge is 2.34. The summed E-state index contributed by atoms with van der Waals surface area (Å²) in [5, 5.41) is 8.94. The first-order valence-electron chi connectivity index (χ1n) is 5.83. The van der Waals surface area contributed by atoms with Crippen molar-refractivity contribution in [3.8, 4) is 0 Å². The van der Waals surface area contributed by atoms with Gasteiger partial charge in [0.1, 0.15) is 0 Å². The summed E-state index contributed by atoms with van der Waals surface area (Å²) < 4.78 is 0. The topological polar surface area (TPSA) is 37.3 Å². The van der Waals surface area contributed by atoms with Crippen molar-refractivity contribution in [2.45, 2.75) is 47.5 Å². The Balaban J connectivity index is 2.79. The molecule has 1 rings (SSSR count). The second-order valence-corrected chi connectivity index (χ2v) is 5.46. The van der Waals surface area contributed by atoms with Crippen LogP contribution < -0.4 is 0 Å². The molecular formula is C14H22O2. The van der Waals surface area contributed by atoms with Gasteiger partial charge in [0.2, 0.25) is 0 Å². The Morgan fingerprint density at radius 2 is 2.06 bits per heavy atom. The fourth-order valence-electron chi connectivity index (χ4n) is 2.24. The van der Waals surface area contributed by atoms with Crippen LogP contribution in [0.2, 0.25) is 0 Å². The molecule has 1 N–H and O–H groups in total. The zero-order chi connectivity index (χ0) is 12.5. The molecule has 1 aliphatic rings. The lowest BCUT2D eigenvalue weighted by atomic mass is 9.74. The van der Waals surface area contributed by atoms with Gasteiger partial charge in [0.25, 0.3) is 0 Å². The Morgan fingerprint density at radius 1 is 1.50 bits per heavy atom. The predicted molar refractivity (Wildman–Crippen MR) is 66.3 cm³/mol. The van der Waals surface area contributed by atoms with Gasteiger partial charge in [-0.2, -0.15) is 0 Å². The van der Waals surface area contributed by atoms with Gasteiger partial charge >= 0.3 is 5.97 Å². The lowest BCUT2D eigenvalue weighted by Gasteiger charge is -2.30. The van der Waals surface area contributed by atoms with Crippen molar-refractivity contribution in [2.24, 2.45) is 11.3 Å². The Hall–Kier alpha value is -1.05. The molecule has 0 saturated heterocycles. The first kappa shape index (κ1) is 13.0. The molecule has 2 heteroatoms. The Morgan fingerprint density at radius 3 is 2.44 bits per heavy atom. The average Bonchev–Trinajstić information content (AvgIpc) is 2.43. The molecule has 1 aliphatic carbocycles. The van der Waals surface area contributed by atoms with Crippen LogP contribution >= 0.6 is 0 Å². The highest BCUT2D eigenvalue weighted by Crippen LogP contribution is 2.45. The van der Waals surface area contributed by atoms with E-state index in [0.717, 1.165) is 18.4 Å². The Kier molecular flexibility index (Phi) is 3.61. The van der Waals surface area contributed by atoms with Crippen LogP contribution in [0.5, 0.6) is 0 Å². The van der Waals surface area contributed by atoms with Crippen molar-refractivity contribution in [1.29, 1.82) is 0 Å². The molecule has 1 atom stereocenters. The minimum absolute atomic E-state index is 0.208. The number of rotatable bonds is 3. The van der Waals surface area contributed by atoms with Gasteiger partial charge in [-0.05, 0) is 44.9 Å². The average molecular weight is 222 g/mol. The van der Waals surface area contributed by atoms with Crippen LogP contribution in [0.4, 0.5) is 0 Å². The summed E-state index contributed by atoms with van der Waals surface area (Å²) in [4.78, 5) is 10.9. The maximum absolute atomic E-state index is 10.9. The monoisotopic (exact) mass is 222 g/mol. The third-order valence-corrected chi connectivity index (χ3v) is 4.26. The number of hydrogen-bond donors (Lipinski definition) is 1. The van der Waals surface area contributed by atoms with E-state index in [1.165, 1.54) is 5.57 Å². The molecule has 0 aromatic heterocycles. The molecule has 0 aromatic rings. The van der Waals surface area contributed by atoms with Gasteiger partial charge in [-0.15, -0.1) is 0 Å². The van der Waals surface area contributed by atoms with Crippen molar-refractivity contribution >= 4 is 5.97 Å². The molecule has 0 aromatic carbocycles. The van der Waals surface area contributed by atoms with Gasteiger partial charge < -0.3 is 5.11 Å². The summed E-state index contributed by atoms with van der Waals surface area (Å²) in [7, 11) is 0. The van der Waals surface area contributed by atoms with Crippen LogP contribution in [0.3, 0.4) is 0 Å². The maximum Gasteiger partial charge on any atom is 0.331 e. The van der Waals surface area contributed by atoms with Gasteiger partial charge in [0.05, 0.1) is 0 Å². The van der Waals surface area contributed by atoms with Gasteiger partial charge in [-0.1, -0.05) is 31.1 Å². The SMILES string of the molecule is CC1=CCC(C/C(C)=C(\C)C(=O)O)C1(C)C. The second-order valence-electron chi connectivity index (χ2n) is 5.46. The molecule has 16 heavy (non-hydrogen) atoms. The minimum atomic E-state index is -0.794. The molecule has 90 valence electrons. The molecular weight excluding hydrogens is 200 g/mol. The van der Waals surface area contributed by atoms with Gasteiger partial charge in [0.15, 0.2) is 0 Å². The van der Waals surface area contributed by atoms with Crippen LogP contribution in [-0.2, 0) is 4.79 Å². The zero-order valence-electron chi connectivity index (χ0n) is 10.9. The summed E-state index contributed by atoms with van der Waals surface area (Å²) >= 11 is 0. The second kappa shape index (κ2) is 4.44.